The third-order valence-electron chi connectivity index (χ3n) is 3.70. The van der Waals surface area contributed by atoms with Gasteiger partial charge in [0.2, 0.25) is 0 Å². The molecule has 4 N–H and O–H groups in total. The highest BCUT2D eigenvalue weighted by molar-refractivity contribution is 5.73. The maximum atomic E-state index is 10.7. The van der Waals surface area contributed by atoms with Crippen LogP contribution < -0.4 is 5.73 Å². The van der Waals surface area contributed by atoms with Gasteiger partial charge in [-0.1, -0.05) is 24.3 Å². The minimum atomic E-state index is -0.960. The van der Waals surface area contributed by atoms with E-state index in [-0.39, 0.29) is 6.29 Å². The Labute approximate surface area is 125 Å². The zero-order valence-corrected chi connectivity index (χ0v) is 12.2. The largest absolute Gasteiger partial charge is 0.480 e. The third kappa shape index (κ3) is 5.46. The van der Waals surface area contributed by atoms with E-state index in [1.165, 1.54) is 5.56 Å². The van der Waals surface area contributed by atoms with E-state index in [4.69, 9.17) is 15.6 Å². The fourth-order valence-corrected chi connectivity index (χ4v) is 2.44. The Bertz CT molecular complexity index is 440. The SMILES string of the molecule is NC(Cc1ccc(CCCCC2OCC[OH+]2)cc1)C(=O)O. The summed E-state index contributed by atoms with van der Waals surface area (Å²) in [7, 11) is 0. The lowest BCUT2D eigenvalue weighted by molar-refractivity contribution is -0.153. The minimum Gasteiger partial charge on any atom is -0.480 e. The summed E-state index contributed by atoms with van der Waals surface area (Å²) in [5, 5.41) is 8.79. The monoisotopic (exact) mass is 294 g/mol. The number of hydrogen-bond acceptors (Lipinski definition) is 3. The van der Waals surface area contributed by atoms with Gasteiger partial charge in [-0.2, -0.15) is 0 Å². The van der Waals surface area contributed by atoms with Gasteiger partial charge in [0.05, 0.1) is 0 Å². The molecule has 0 radical (unpaired) electrons. The molecule has 5 heteroatoms. The molecule has 1 saturated heterocycles. The quantitative estimate of drug-likeness (QED) is 0.558. The van der Waals surface area contributed by atoms with E-state index < -0.39 is 12.0 Å². The fourth-order valence-electron chi connectivity index (χ4n) is 2.44. The highest BCUT2D eigenvalue weighted by Gasteiger charge is 2.20. The number of hydrogen-bond donors (Lipinski definition) is 2. The minimum absolute atomic E-state index is 0.116. The van der Waals surface area contributed by atoms with Crippen LogP contribution in [0.15, 0.2) is 24.3 Å². The maximum absolute atomic E-state index is 10.7. The van der Waals surface area contributed by atoms with Gasteiger partial charge in [0.25, 0.3) is 6.29 Å². The first-order valence-electron chi connectivity index (χ1n) is 7.49. The van der Waals surface area contributed by atoms with Gasteiger partial charge in [0.1, 0.15) is 12.6 Å². The summed E-state index contributed by atoms with van der Waals surface area (Å²) < 4.78 is 9.80. The zero-order chi connectivity index (χ0) is 15.1. The van der Waals surface area contributed by atoms with Gasteiger partial charge in [-0.25, -0.2) is 0 Å². The van der Waals surface area contributed by atoms with Gasteiger partial charge in [0, 0.05) is 6.42 Å². The molecule has 1 aromatic carbocycles. The van der Waals surface area contributed by atoms with Crippen LogP contribution in [-0.4, -0.2) is 41.4 Å². The third-order valence-corrected chi connectivity index (χ3v) is 3.70. The van der Waals surface area contributed by atoms with E-state index >= 15 is 0 Å². The zero-order valence-electron chi connectivity index (χ0n) is 12.2. The molecule has 0 aliphatic carbocycles. The van der Waals surface area contributed by atoms with Crippen LogP contribution in [0.25, 0.3) is 0 Å². The number of carboxylic acid groups (broad SMARTS) is 1. The number of benzene rings is 1. The van der Waals surface area contributed by atoms with Crippen LogP contribution in [0.2, 0.25) is 0 Å². The molecule has 2 atom stereocenters. The van der Waals surface area contributed by atoms with E-state index in [1.54, 1.807) is 0 Å². The van der Waals surface area contributed by atoms with Crippen LogP contribution in [0.1, 0.15) is 30.4 Å². The number of aryl methyl sites for hydroxylation is 1. The van der Waals surface area contributed by atoms with E-state index in [9.17, 15) is 4.79 Å². The molecule has 0 amide bonds. The Morgan fingerprint density at radius 3 is 2.67 bits per heavy atom. The number of carboxylic acids is 1. The summed E-state index contributed by atoms with van der Waals surface area (Å²) in [6.07, 6.45) is 4.74. The Morgan fingerprint density at radius 2 is 2.05 bits per heavy atom. The molecule has 0 saturated carbocycles. The second kappa shape index (κ2) is 8.12. The molecule has 1 heterocycles. The van der Waals surface area contributed by atoms with Crippen LogP contribution in [0, 0.1) is 0 Å². The van der Waals surface area contributed by atoms with Crippen molar-refractivity contribution in [2.75, 3.05) is 13.2 Å². The average molecular weight is 294 g/mol. The van der Waals surface area contributed by atoms with Crippen molar-refractivity contribution >= 4 is 5.97 Å². The molecule has 1 aliphatic heterocycles. The van der Waals surface area contributed by atoms with Crippen molar-refractivity contribution in [1.82, 2.24) is 0 Å². The summed E-state index contributed by atoms with van der Waals surface area (Å²) >= 11 is 0. The van der Waals surface area contributed by atoms with Crippen molar-refractivity contribution in [3.8, 4) is 0 Å². The first-order chi connectivity index (χ1) is 10.1. The lowest BCUT2D eigenvalue weighted by Crippen LogP contribution is -2.32. The Kier molecular flexibility index (Phi) is 6.17. The fraction of sp³-hybridized carbons (Fsp3) is 0.562. The van der Waals surface area contributed by atoms with Crippen LogP contribution in [0.5, 0.6) is 0 Å². The number of ether oxygens (including phenoxy) is 2. The predicted octanol–water partition coefficient (Wildman–Crippen LogP) is 1.24. The molecule has 1 fully saturated rings. The highest BCUT2D eigenvalue weighted by atomic mass is 16.7. The molecule has 0 bridgehead atoms. The second-order valence-electron chi connectivity index (χ2n) is 5.44. The van der Waals surface area contributed by atoms with Gasteiger partial charge in [0.15, 0.2) is 6.61 Å². The average Bonchev–Trinajstić information content (AvgIpc) is 2.98. The number of aliphatic carboxylic acids is 1. The van der Waals surface area contributed by atoms with Crippen molar-refractivity contribution in [3.63, 3.8) is 0 Å². The molecule has 116 valence electrons. The maximum Gasteiger partial charge on any atom is 0.320 e. The first-order valence-corrected chi connectivity index (χ1v) is 7.49. The van der Waals surface area contributed by atoms with Gasteiger partial charge >= 0.3 is 5.97 Å². The lowest BCUT2D eigenvalue weighted by Gasteiger charge is -2.08. The molecule has 5 nitrogen and oxygen atoms in total. The molecule has 0 aromatic heterocycles. The van der Waals surface area contributed by atoms with E-state index in [0.29, 0.717) is 6.42 Å². The molecule has 1 aromatic rings. The topological polar surface area (TPSA) is 85.4 Å². The van der Waals surface area contributed by atoms with Crippen LogP contribution in [0.3, 0.4) is 0 Å². The number of unbranched alkanes of at least 4 members (excludes halogenated alkanes) is 1. The molecular formula is C16H24NO4+. The molecule has 0 spiro atoms. The number of nitrogens with two attached hydrogens (primary N) is 1. The molecule has 1 aliphatic rings. The van der Waals surface area contributed by atoms with E-state index in [1.807, 2.05) is 12.1 Å². The summed E-state index contributed by atoms with van der Waals surface area (Å²) in [5.74, 6) is -0.960. The standard InChI is InChI=1S/C16H23NO4/c17-14(16(18)19)11-13-7-5-12(6-8-13)3-1-2-4-15-20-9-10-21-15/h5-8,14-15H,1-4,9-11,17H2,(H,18,19)/p+1. The lowest BCUT2D eigenvalue weighted by atomic mass is 10.0. The normalized spacial score (nSPS) is 19.6. The van der Waals surface area contributed by atoms with Crippen molar-refractivity contribution in [3.05, 3.63) is 35.4 Å². The summed E-state index contributed by atoms with van der Waals surface area (Å²) in [6, 6.07) is 7.22. The Balaban J connectivity index is 1.68. The van der Waals surface area contributed by atoms with Gasteiger partial charge in [-0.05, 0) is 36.8 Å². The number of rotatable bonds is 8. The van der Waals surface area contributed by atoms with Crippen molar-refractivity contribution in [1.29, 1.82) is 0 Å². The van der Waals surface area contributed by atoms with Crippen LogP contribution in [-0.2, 0) is 22.4 Å². The van der Waals surface area contributed by atoms with E-state index in [2.05, 4.69) is 16.9 Å². The number of aliphatic hydroxyl groups is 2. The Morgan fingerprint density at radius 1 is 1.33 bits per heavy atom. The van der Waals surface area contributed by atoms with Gasteiger partial charge < -0.3 is 20.3 Å². The van der Waals surface area contributed by atoms with Crippen LogP contribution >= 0.6 is 0 Å². The summed E-state index contributed by atoms with van der Waals surface area (Å²) in [5.41, 5.74) is 7.76. The predicted molar refractivity (Wildman–Crippen MR) is 80.1 cm³/mol. The number of carbonyl (C=O) groups is 1. The van der Waals surface area contributed by atoms with Gasteiger partial charge in [-0.15, -0.1) is 0 Å². The second-order valence-corrected chi connectivity index (χ2v) is 5.44. The summed E-state index contributed by atoms with van der Waals surface area (Å²) in [6.45, 7) is 1.61. The van der Waals surface area contributed by atoms with Crippen molar-refractivity contribution in [2.45, 2.75) is 44.4 Å². The van der Waals surface area contributed by atoms with Crippen LogP contribution in [0.4, 0.5) is 0 Å². The smallest absolute Gasteiger partial charge is 0.320 e. The highest BCUT2D eigenvalue weighted by Crippen LogP contribution is 2.13. The van der Waals surface area contributed by atoms with Crippen molar-refractivity contribution < 1.29 is 19.4 Å². The molecule has 2 unspecified atom stereocenters. The first kappa shape index (κ1) is 15.9. The molecule has 2 rings (SSSR count). The van der Waals surface area contributed by atoms with Crippen molar-refractivity contribution in [2.24, 2.45) is 5.73 Å². The van der Waals surface area contributed by atoms with Gasteiger partial charge in [-0.3, -0.25) is 4.79 Å². The molecule has 21 heavy (non-hydrogen) atoms. The Hall–Kier alpha value is -1.43. The molecular weight excluding hydrogens is 270 g/mol. The summed E-state index contributed by atoms with van der Waals surface area (Å²) in [4.78, 5) is 10.7. The van der Waals surface area contributed by atoms with E-state index in [0.717, 1.165) is 44.5 Å².